The van der Waals surface area contributed by atoms with Crippen LogP contribution in [0.5, 0.6) is 0 Å². The van der Waals surface area contributed by atoms with Crippen molar-refractivity contribution < 1.29 is 9.90 Å². The number of hydrogen-bond donors (Lipinski definition) is 2. The molecule has 0 aromatic heterocycles. The maximum Gasteiger partial charge on any atom is 0.234 e. The summed E-state index contributed by atoms with van der Waals surface area (Å²) < 4.78 is 0. The minimum Gasteiger partial charge on any atom is -0.388 e. The van der Waals surface area contributed by atoms with Crippen molar-refractivity contribution in [3.05, 3.63) is 29.8 Å². The molecule has 1 atom stereocenters. The van der Waals surface area contributed by atoms with E-state index < -0.39 is 11.1 Å². The molecule has 1 heterocycles. The van der Waals surface area contributed by atoms with Gasteiger partial charge in [-0.25, -0.2) is 0 Å². The molecule has 0 fully saturated rings. The topological polar surface area (TPSA) is 49.3 Å². The van der Waals surface area contributed by atoms with Crippen LogP contribution in [-0.4, -0.2) is 27.4 Å². The second-order valence-corrected chi connectivity index (χ2v) is 7.34. The van der Waals surface area contributed by atoms with E-state index in [1.807, 2.05) is 26.0 Å². The number of fused-ring (bicyclic) bond motifs is 1. The summed E-state index contributed by atoms with van der Waals surface area (Å²) in [6.45, 7) is 7.11. The number of carbonyl (C=O) groups is 1. The van der Waals surface area contributed by atoms with E-state index in [1.165, 1.54) is 10.5 Å². The Morgan fingerprint density at radius 1 is 1.32 bits per heavy atom. The van der Waals surface area contributed by atoms with Gasteiger partial charge in [0, 0.05) is 4.90 Å². The molecule has 0 saturated carbocycles. The fraction of sp³-hybridized carbons (Fsp3) is 0.533. The first-order chi connectivity index (χ1) is 8.71. The molecule has 1 aliphatic rings. The van der Waals surface area contributed by atoms with Crippen LogP contribution >= 0.6 is 11.8 Å². The largest absolute Gasteiger partial charge is 0.388 e. The smallest absolute Gasteiger partial charge is 0.234 e. The van der Waals surface area contributed by atoms with Crippen LogP contribution in [0, 0.1) is 0 Å². The lowest BCUT2D eigenvalue weighted by atomic mass is 9.86. The first kappa shape index (κ1) is 14.4. The van der Waals surface area contributed by atoms with Crippen LogP contribution in [0.25, 0.3) is 0 Å². The van der Waals surface area contributed by atoms with E-state index in [0.717, 1.165) is 6.42 Å². The molecule has 2 N–H and O–H groups in total. The second kappa shape index (κ2) is 4.84. The lowest BCUT2D eigenvalue weighted by Gasteiger charge is -2.38. The fourth-order valence-corrected chi connectivity index (χ4v) is 3.07. The molecule has 1 amide bonds. The molecule has 0 saturated heterocycles. The predicted octanol–water partition coefficient (Wildman–Crippen LogP) is 2.37. The van der Waals surface area contributed by atoms with E-state index in [1.54, 1.807) is 25.6 Å². The third kappa shape index (κ3) is 2.95. The molecule has 3 nitrogen and oxygen atoms in total. The molecule has 19 heavy (non-hydrogen) atoms. The van der Waals surface area contributed by atoms with Gasteiger partial charge in [-0.05, 0) is 45.7 Å². The molecule has 0 radical (unpaired) electrons. The minimum atomic E-state index is -0.960. The summed E-state index contributed by atoms with van der Waals surface area (Å²) in [7, 11) is 0. The molecule has 104 valence electrons. The number of aliphatic hydroxyl groups is 1. The maximum atomic E-state index is 12.3. The fourth-order valence-electron chi connectivity index (χ4n) is 1.87. The Hall–Kier alpha value is -1.00. The molecule has 1 aromatic carbocycles. The van der Waals surface area contributed by atoms with Crippen molar-refractivity contribution in [3.63, 3.8) is 0 Å². The number of amides is 1. The highest BCUT2D eigenvalue weighted by Gasteiger charge is 2.39. The Kier molecular flexibility index (Phi) is 3.67. The number of benzene rings is 1. The molecule has 4 heteroatoms. The van der Waals surface area contributed by atoms with Gasteiger partial charge in [0.05, 0.1) is 16.4 Å². The first-order valence-electron chi connectivity index (χ1n) is 6.50. The third-order valence-electron chi connectivity index (χ3n) is 3.90. The molecule has 1 aromatic rings. The highest BCUT2D eigenvalue weighted by Crippen LogP contribution is 2.37. The zero-order valence-electron chi connectivity index (χ0n) is 11.9. The highest BCUT2D eigenvalue weighted by atomic mass is 32.2. The lowest BCUT2D eigenvalue weighted by Crippen LogP contribution is -2.59. The molecule has 1 unspecified atom stereocenters. The van der Waals surface area contributed by atoms with Gasteiger partial charge in [-0.1, -0.05) is 18.2 Å². The van der Waals surface area contributed by atoms with Gasteiger partial charge in [0.1, 0.15) is 0 Å². The van der Waals surface area contributed by atoms with Gasteiger partial charge >= 0.3 is 0 Å². The maximum absolute atomic E-state index is 12.3. The normalized spacial score (nSPS) is 19.1. The first-order valence-corrected chi connectivity index (χ1v) is 7.38. The molecule has 0 spiro atoms. The van der Waals surface area contributed by atoms with Gasteiger partial charge < -0.3 is 10.4 Å². The van der Waals surface area contributed by atoms with Crippen LogP contribution in [0.15, 0.2) is 29.2 Å². The molecule has 1 aliphatic heterocycles. The van der Waals surface area contributed by atoms with Crippen LogP contribution in [0.3, 0.4) is 0 Å². The average Bonchev–Trinajstić information content (AvgIpc) is 2.70. The SMILES string of the molecule is CC(C)(O)C(C)(C)NC(=O)C1Cc2ccccc2S1. The summed E-state index contributed by atoms with van der Waals surface area (Å²) in [5, 5.41) is 13.0. The number of thioether (sulfide) groups is 1. The Bertz CT molecular complexity index is 466. The van der Waals surface area contributed by atoms with E-state index in [2.05, 4.69) is 17.4 Å². The minimum absolute atomic E-state index is 0.00618. The molecular formula is C15H21NO2S. The lowest BCUT2D eigenvalue weighted by molar-refractivity contribution is -0.125. The average molecular weight is 279 g/mol. The van der Waals surface area contributed by atoms with Gasteiger partial charge in [-0.3, -0.25) is 4.79 Å². The Balaban J connectivity index is 2.05. The van der Waals surface area contributed by atoms with Crippen molar-refractivity contribution in [2.24, 2.45) is 0 Å². The van der Waals surface area contributed by atoms with Crippen molar-refractivity contribution in [2.45, 2.75) is 55.4 Å². The Morgan fingerprint density at radius 2 is 1.95 bits per heavy atom. The van der Waals surface area contributed by atoms with Gasteiger partial charge in [0.15, 0.2) is 0 Å². The van der Waals surface area contributed by atoms with Crippen LogP contribution < -0.4 is 5.32 Å². The van der Waals surface area contributed by atoms with Gasteiger partial charge in [0.2, 0.25) is 5.91 Å². The van der Waals surface area contributed by atoms with Crippen molar-refractivity contribution in [2.75, 3.05) is 0 Å². The van der Waals surface area contributed by atoms with Crippen molar-refractivity contribution in [1.29, 1.82) is 0 Å². The van der Waals surface area contributed by atoms with Crippen LogP contribution in [0.4, 0.5) is 0 Å². The third-order valence-corrected chi connectivity index (χ3v) is 5.22. The number of rotatable bonds is 3. The summed E-state index contributed by atoms with van der Waals surface area (Å²) >= 11 is 1.60. The van der Waals surface area contributed by atoms with Crippen LogP contribution in [0.2, 0.25) is 0 Å². The number of nitrogens with one attached hydrogen (secondary N) is 1. The number of carbonyl (C=O) groups excluding carboxylic acids is 1. The second-order valence-electron chi connectivity index (χ2n) is 6.09. The predicted molar refractivity (Wildman–Crippen MR) is 78.3 cm³/mol. The molecular weight excluding hydrogens is 258 g/mol. The molecule has 0 bridgehead atoms. The van der Waals surface area contributed by atoms with Gasteiger partial charge in [0.25, 0.3) is 0 Å². The van der Waals surface area contributed by atoms with Crippen molar-refractivity contribution in [1.82, 2.24) is 5.32 Å². The van der Waals surface area contributed by atoms with Gasteiger partial charge in [-0.2, -0.15) is 0 Å². The summed E-state index contributed by atoms with van der Waals surface area (Å²) in [4.78, 5) is 13.5. The monoisotopic (exact) mass is 279 g/mol. The quantitative estimate of drug-likeness (QED) is 0.893. The summed E-state index contributed by atoms with van der Waals surface area (Å²) in [6, 6.07) is 8.11. The van der Waals surface area contributed by atoms with E-state index in [9.17, 15) is 9.90 Å². The van der Waals surface area contributed by atoms with Crippen LogP contribution in [0.1, 0.15) is 33.3 Å². The zero-order valence-corrected chi connectivity index (χ0v) is 12.7. The summed E-state index contributed by atoms with van der Waals surface area (Å²) in [5.74, 6) is -0.00618. The van der Waals surface area contributed by atoms with E-state index in [0.29, 0.717) is 0 Å². The highest BCUT2D eigenvalue weighted by molar-refractivity contribution is 8.01. The summed E-state index contributed by atoms with van der Waals surface area (Å²) in [5.41, 5.74) is -0.383. The van der Waals surface area contributed by atoms with Crippen molar-refractivity contribution in [3.8, 4) is 0 Å². The van der Waals surface area contributed by atoms with Crippen molar-refractivity contribution >= 4 is 17.7 Å². The van der Waals surface area contributed by atoms with E-state index in [4.69, 9.17) is 0 Å². The molecule has 0 aliphatic carbocycles. The zero-order chi connectivity index (χ0) is 14.3. The van der Waals surface area contributed by atoms with Gasteiger partial charge in [-0.15, -0.1) is 11.8 Å². The van der Waals surface area contributed by atoms with Crippen LogP contribution in [-0.2, 0) is 11.2 Å². The van der Waals surface area contributed by atoms with E-state index in [-0.39, 0.29) is 11.2 Å². The Labute approximate surface area is 118 Å². The van der Waals surface area contributed by atoms with E-state index >= 15 is 0 Å². The standard InChI is InChI=1S/C15H21NO2S/c1-14(2,15(3,4)18)16-13(17)12-9-10-7-5-6-8-11(10)19-12/h5-8,12,18H,9H2,1-4H3,(H,16,17). The Morgan fingerprint density at radius 3 is 2.53 bits per heavy atom. The number of hydrogen-bond acceptors (Lipinski definition) is 3. The molecule has 2 rings (SSSR count). The summed E-state index contributed by atoms with van der Waals surface area (Å²) in [6.07, 6.45) is 0.759.